The third-order valence-corrected chi connectivity index (χ3v) is 3.86. The van der Waals surface area contributed by atoms with Gasteiger partial charge in [0.15, 0.2) is 0 Å². The molecule has 0 bridgehead atoms. The second-order valence-electron chi connectivity index (χ2n) is 5.32. The van der Waals surface area contributed by atoms with E-state index in [1.807, 2.05) is 24.4 Å². The van der Waals surface area contributed by atoms with Crippen molar-refractivity contribution in [1.29, 1.82) is 0 Å². The normalized spacial score (nSPS) is 16.9. The zero-order valence-corrected chi connectivity index (χ0v) is 11.5. The number of rotatable bonds is 3. The van der Waals surface area contributed by atoms with Crippen LogP contribution in [-0.2, 0) is 0 Å². The van der Waals surface area contributed by atoms with Crippen molar-refractivity contribution in [2.24, 2.45) is 0 Å². The Balaban J connectivity index is 1.64. The lowest BCUT2D eigenvalue weighted by atomic mass is 10.0. The van der Waals surface area contributed by atoms with Crippen LogP contribution in [0.2, 0.25) is 0 Å². The number of nitrogens with one attached hydrogen (secondary N) is 1. The summed E-state index contributed by atoms with van der Waals surface area (Å²) in [6, 6.07) is 10.9. The number of para-hydroxylation sites is 1. The fourth-order valence-electron chi connectivity index (χ4n) is 2.75. The molecule has 1 aromatic carbocycles. The molecule has 1 aromatic heterocycles. The molecule has 0 atom stereocenters. The molecule has 3 nitrogen and oxygen atoms in total. The average molecular weight is 265 g/mol. The van der Waals surface area contributed by atoms with Crippen molar-refractivity contribution in [3.05, 3.63) is 36.5 Å². The van der Waals surface area contributed by atoms with Gasteiger partial charge in [-0.3, -0.25) is 9.88 Å². The molecule has 0 unspecified atom stereocenters. The summed E-state index contributed by atoms with van der Waals surface area (Å²) in [6.45, 7) is 2.91. The van der Waals surface area contributed by atoms with Gasteiger partial charge in [-0.05, 0) is 25.0 Å². The molecule has 1 N–H and O–H groups in total. The third-order valence-electron chi connectivity index (χ3n) is 3.86. The summed E-state index contributed by atoms with van der Waals surface area (Å²) in [5, 5.41) is 4.78. The summed E-state index contributed by atoms with van der Waals surface area (Å²) in [7, 11) is 0. The minimum atomic E-state index is 0.520. The van der Waals surface area contributed by atoms with E-state index in [4.69, 9.17) is 6.42 Å². The number of hydrogen-bond donors (Lipinski definition) is 1. The van der Waals surface area contributed by atoms with Gasteiger partial charge in [0.05, 0.1) is 23.9 Å². The molecule has 2 heterocycles. The predicted octanol–water partition coefficient (Wildman–Crippen LogP) is 2.74. The van der Waals surface area contributed by atoms with Crippen molar-refractivity contribution < 1.29 is 0 Å². The summed E-state index contributed by atoms with van der Waals surface area (Å²) >= 11 is 0. The Hall–Kier alpha value is -2.05. The predicted molar refractivity (Wildman–Crippen MR) is 83.7 cm³/mol. The smallest absolute Gasteiger partial charge is 0.0703 e. The fourth-order valence-corrected chi connectivity index (χ4v) is 2.75. The second kappa shape index (κ2) is 5.94. The Morgan fingerprint density at radius 1 is 1.30 bits per heavy atom. The van der Waals surface area contributed by atoms with Gasteiger partial charge in [-0.15, -0.1) is 6.42 Å². The lowest BCUT2D eigenvalue weighted by molar-refractivity contribution is 0.243. The maximum atomic E-state index is 5.35. The van der Waals surface area contributed by atoms with Crippen molar-refractivity contribution in [1.82, 2.24) is 9.88 Å². The highest BCUT2D eigenvalue weighted by atomic mass is 15.1. The van der Waals surface area contributed by atoms with E-state index in [9.17, 15) is 0 Å². The minimum absolute atomic E-state index is 0.520. The highest BCUT2D eigenvalue weighted by Crippen LogP contribution is 2.19. The first-order chi connectivity index (χ1) is 9.85. The molecule has 1 fully saturated rings. The Bertz CT molecular complexity index is 621. The van der Waals surface area contributed by atoms with Gasteiger partial charge >= 0.3 is 0 Å². The van der Waals surface area contributed by atoms with Crippen LogP contribution in [0.3, 0.4) is 0 Å². The lowest BCUT2D eigenvalue weighted by Gasteiger charge is -2.31. The molecule has 1 saturated heterocycles. The number of aromatic nitrogens is 1. The van der Waals surface area contributed by atoms with Gasteiger partial charge in [0, 0.05) is 24.5 Å². The van der Waals surface area contributed by atoms with Gasteiger partial charge in [-0.2, -0.15) is 0 Å². The molecule has 0 radical (unpaired) electrons. The number of terminal acetylenes is 1. The standard InChI is InChI=1S/C17H19N3/c1-2-9-20-10-7-15(8-11-20)19-16-12-14-5-3-4-6-17(14)18-13-16/h1,3-6,12-13,15,19H,7-11H2. The van der Waals surface area contributed by atoms with E-state index in [1.165, 1.54) is 5.39 Å². The monoisotopic (exact) mass is 265 g/mol. The van der Waals surface area contributed by atoms with E-state index in [0.717, 1.165) is 43.7 Å². The highest BCUT2D eigenvalue weighted by Gasteiger charge is 2.18. The zero-order chi connectivity index (χ0) is 13.8. The molecule has 0 saturated carbocycles. The van der Waals surface area contributed by atoms with Crippen LogP contribution < -0.4 is 5.32 Å². The maximum Gasteiger partial charge on any atom is 0.0703 e. The molecule has 1 aliphatic rings. The molecular formula is C17H19N3. The van der Waals surface area contributed by atoms with Crippen molar-refractivity contribution in [3.8, 4) is 12.3 Å². The Morgan fingerprint density at radius 3 is 2.90 bits per heavy atom. The Morgan fingerprint density at radius 2 is 2.10 bits per heavy atom. The molecule has 1 aliphatic heterocycles. The summed E-state index contributed by atoms with van der Waals surface area (Å²) in [5.74, 6) is 2.72. The van der Waals surface area contributed by atoms with Gasteiger partial charge < -0.3 is 5.32 Å². The van der Waals surface area contributed by atoms with Crippen LogP contribution in [0.5, 0.6) is 0 Å². The Kier molecular flexibility index (Phi) is 3.85. The van der Waals surface area contributed by atoms with Gasteiger partial charge in [-0.25, -0.2) is 0 Å². The topological polar surface area (TPSA) is 28.2 Å². The van der Waals surface area contributed by atoms with Crippen LogP contribution in [0.15, 0.2) is 36.5 Å². The summed E-state index contributed by atoms with van der Waals surface area (Å²) < 4.78 is 0. The van der Waals surface area contributed by atoms with Crippen LogP contribution in [-0.4, -0.2) is 35.6 Å². The van der Waals surface area contributed by atoms with E-state index in [1.54, 1.807) is 0 Å². The average Bonchev–Trinajstić information content (AvgIpc) is 2.49. The SMILES string of the molecule is C#CCN1CCC(Nc2cnc3ccccc3c2)CC1. The van der Waals surface area contributed by atoms with Crippen LogP contribution in [0.1, 0.15) is 12.8 Å². The molecular weight excluding hydrogens is 246 g/mol. The second-order valence-corrected chi connectivity index (χ2v) is 5.32. The fraction of sp³-hybridized carbons (Fsp3) is 0.353. The molecule has 20 heavy (non-hydrogen) atoms. The molecule has 0 spiro atoms. The first-order valence-corrected chi connectivity index (χ1v) is 7.12. The molecule has 102 valence electrons. The van der Waals surface area contributed by atoms with E-state index < -0.39 is 0 Å². The Labute approximate surface area is 120 Å². The summed E-state index contributed by atoms with van der Waals surface area (Å²) in [5.41, 5.74) is 2.15. The quantitative estimate of drug-likeness (QED) is 0.865. The largest absolute Gasteiger partial charge is 0.381 e. The molecule has 0 aliphatic carbocycles. The van der Waals surface area contributed by atoms with Gasteiger partial charge in [-0.1, -0.05) is 24.1 Å². The van der Waals surface area contributed by atoms with E-state index in [2.05, 4.69) is 33.3 Å². The van der Waals surface area contributed by atoms with Gasteiger partial charge in [0.1, 0.15) is 0 Å². The number of anilines is 1. The summed E-state index contributed by atoms with van der Waals surface area (Å²) in [6.07, 6.45) is 9.55. The van der Waals surface area contributed by atoms with Crippen molar-refractivity contribution in [2.45, 2.75) is 18.9 Å². The van der Waals surface area contributed by atoms with Crippen LogP contribution in [0.4, 0.5) is 5.69 Å². The number of nitrogens with zero attached hydrogens (tertiary/aromatic N) is 2. The van der Waals surface area contributed by atoms with Crippen molar-refractivity contribution in [2.75, 3.05) is 25.0 Å². The molecule has 0 amide bonds. The van der Waals surface area contributed by atoms with Crippen LogP contribution in [0, 0.1) is 12.3 Å². The molecule has 3 heteroatoms. The van der Waals surface area contributed by atoms with Crippen LogP contribution in [0.25, 0.3) is 10.9 Å². The van der Waals surface area contributed by atoms with E-state index >= 15 is 0 Å². The van der Waals surface area contributed by atoms with Crippen molar-refractivity contribution in [3.63, 3.8) is 0 Å². The maximum absolute atomic E-state index is 5.35. The number of benzene rings is 1. The first kappa shape index (κ1) is 13.0. The number of piperidine rings is 1. The number of hydrogen-bond acceptors (Lipinski definition) is 3. The third kappa shape index (κ3) is 2.92. The van der Waals surface area contributed by atoms with Gasteiger partial charge in [0.25, 0.3) is 0 Å². The number of likely N-dealkylation sites (tertiary alicyclic amines) is 1. The van der Waals surface area contributed by atoms with Crippen molar-refractivity contribution >= 4 is 16.6 Å². The summed E-state index contributed by atoms with van der Waals surface area (Å²) in [4.78, 5) is 6.82. The number of pyridine rings is 1. The van der Waals surface area contributed by atoms with E-state index in [0.29, 0.717) is 6.04 Å². The minimum Gasteiger partial charge on any atom is -0.381 e. The first-order valence-electron chi connectivity index (χ1n) is 7.12. The van der Waals surface area contributed by atoms with E-state index in [-0.39, 0.29) is 0 Å². The number of fused-ring (bicyclic) bond motifs is 1. The van der Waals surface area contributed by atoms with Crippen LogP contribution >= 0.6 is 0 Å². The molecule has 2 aromatic rings. The molecule has 3 rings (SSSR count). The lowest BCUT2D eigenvalue weighted by Crippen LogP contribution is -2.39. The highest BCUT2D eigenvalue weighted by molar-refractivity contribution is 5.81. The zero-order valence-electron chi connectivity index (χ0n) is 11.5. The van der Waals surface area contributed by atoms with Gasteiger partial charge in [0.2, 0.25) is 0 Å².